The van der Waals surface area contributed by atoms with E-state index in [1.165, 1.54) is 38.5 Å². The number of rotatable bonds is 6. The summed E-state index contributed by atoms with van der Waals surface area (Å²) in [6.45, 7) is 9.29. The summed E-state index contributed by atoms with van der Waals surface area (Å²) in [7, 11) is 0. The van der Waals surface area contributed by atoms with Crippen LogP contribution in [0.25, 0.3) is 0 Å². The van der Waals surface area contributed by atoms with Crippen LogP contribution in [0.15, 0.2) is 0 Å². The van der Waals surface area contributed by atoms with E-state index >= 15 is 0 Å². The van der Waals surface area contributed by atoms with Crippen molar-refractivity contribution in [3.8, 4) is 0 Å². The molecule has 0 heterocycles. The van der Waals surface area contributed by atoms with E-state index in [1.807, 2.05) is 0 Å². The molecule has 4 saturated carbocycles. The Hall–Kier alpha value is -0.160. The zero-order valence-electron chi connectivity index (χ0n) is 20.6. The van der Waals surface area contributed by atoms with E-state index in [1.54, 1.807) is 0 Å². The van der Waals surface area contributed by atoms with Crippen LogP contribution in [0.2, 0.25) is 0 Å². The summed E-state index contributed by atoms with van der Waals surface area (Å²) < 4.78 is 0. The lowest BCUT2D eigenvalue weighted by atomic mass is 9.43. The van der Waals surface area contributed by atoms with Crippen molar-refractivity contribution in [2.24, 2.45) is 40.4 Å². The van der Waals surface area contributed by atoms with Crippen molar-refractivity contribution in [3.05, 3.63) is 0 Å². The SMILES string of the molecule is CCCCCC[C@](C)(O)[C@H]1CC[C@H]2[C@@H]3C[C@H](O)[C@H]4C[C@@H](O)CC[C@]4(C)[C@H]3CC[C@@]21C.O. The predicted octanol–water partition coefficient (Wildman–Crippen LogP) is 4.87. The maximum absolute atomic E-state index is 11.6. The topological polar surface area (TPSA) is 92.2 Å². The number of fused-ring (bicyclic) bond motifs is 5. The van der Waals surface area contributed by atoms with Gasteiger partial charge in [0, 0.05) is 0 Å². The molecule has 0 aliphatic heterocycles. The van der Waals surface area contributed by atoms with Crippen LogP contribution in [-0.4, -0.2) is 38.6 Å². The Morgan fingerprint density at radius 1 is 0.839 bits per heavy atom. The molecule has 0 aromatic heterocycles. The van der Waals surface area contributed by atoms with Crippen molar-refractivity contribution in [1.82, 2.24) is 0 Å². The Kier molecular flexibility index (Phi) is 7.59. The van der Waals surface area contributed by atoms with E-state index in [-0.39, 0.29) is 34.4 Å². The first-order valence-electron chi connectivity index (χ1n) is 13.2. The van der Waals surface area contributed by atoms with E-state index in [0.717, 1.165) is 44.9 Å². The van der Waals surface area contributed by atoms with Gasteiger partial charge in [-0.2, -0.15) is 0 Å². The fourth-order valence-electron chi connectivity index (χ4n) is 9.38. The normalized spacial score (nSPS) is 48.7. The first-order chi connectivity index (χ1) is 14.1. The van der Waals surface area contributed by atoms with Gasteiger partial charge < -0.3 is 20.8 Å². The van der Waals surface area contributed by atoms with Gasteiger partial charge in [-0.1, -0.05) is 46.5 Å². The maximum Gasteiger partial charge on any atom is 0.0653 e. The number of hydrogen-bond donors (Lipinski definition) is 3. The van der Waals surface area contributed by atoms with E-state index in [2.05, 4.69) is 27.7 Å². The quantitative estimate of drug-likeness (QED) is 0.516. The zero-order chi connectivity index (χ0) is 21.7. The second-order valence-electron chi connectivity index (χ2n) is 12.6. The molecule has 0 unspecified atom stereocenters. The lowest BCUT2D eigenvalue weighted by molar-refractivity contribution is -0.179. The molecule has 4 aliphatic carbocycles. The molecule has 0 radical (unpaired) electrons. The lowest BCUT2D eigenvalue weighted by Crippen LogP contribution is -2.59. The van der Waals surface area contributed by atoms with Crippen LogP contribution in [0.1, 0.15) is 111 Å². The highest BCUT2D eigenvalue weighted by Gasteiger charge is 2.63. The van der Waals surface area contributed by atoms with Crippen molar-refractivity contribution < 1.29 is 20.8 Å². The van der Waals surface area contributed by atoms with Gasteiger partial charge in [0.25, 0.3) is 0 Å². The average molecular weight is 439 g/mol. The Balaban J connectivity index is 0.00000272. The second kappa shape index (κ2) is 9.24. The van der Waals surface area contributed by atoms with Crippen LogP contribution < -0.4 is 0 Å². The molecule has 4 heteroatoms. The average Bonchev–Trinajstić information content (AvgIpc) is 3.05. The van der Waals surface area contributed by atoms with Gasteiger partial charge in [-0.3, -0.25) is 0 Å². The van der Waals surface area contributed by atoms with Crippen LogP contribution in [-0.2, 0) is 0 Å². The lowest BCUT2D eigenvalue weighted by Gasteiger charge is -2.62. The Morgan fingerprint density at radius 3 is 2.23 bits per heavy atom. The monoisotopic (exact) mass is 438 g/mol. The molecule has 10 atom stereocenters. The third-order valence-electron chi connectivity index (χ3n) is 10.9. The predicted molar refractivity (Wildman–Crippen MR) is 126 cm³/mol. The fourth-order valence-corrected chi connectivity index (χ4v) is 9.38. The first-order valence-corrected chi connectivity index (χ1v) is 13.2. The molecule has 0 bridgehead atoms. The van der Waals surface area contributed by atoms with Crippen molar-refractivity contribution in [3.63, 3.8) is 0 Å². The number of aliphatic hydroxyl groups excluding tert-OH is 2. The molecule has 0 aromatic rings. The summed E-state index contributed by atoms with van der Waals surface area (Å²) >= 11 is 0. The summed E-state index contributed by atoms with van der Waals surface area (Å²) in [5, 5.41) is 33.0. The van der Waals surface area contributed by atoms with E-state index < -0.39 is 5.60 Å². The van der Waals surface area contributed by atoms with Gasteiger partial charge in [-0.15, -0.1) is 0 Å². The van der Waals surface area contributed by atoms with Gasteiger partial charge in [-0.05, 0) is 105 Å². The minimum atomic E-state index is -0.557. The van der Waals surface area contributed by atoms with E-state index in [0.29, 0.717) is 23.7 Å². The highest BCUT2D eigenvalue weighted by atomic mass is 16.3. The molecule has 182 valence electrons. The minimum Gasteiger partial charge on any atom is -0.412 e. The Labute approximate surface area is 190 Å². The molecule has 4 aliphatic rings. The van der Waals surface area contributed by atoms with Gasteiger partial charge in [0.2, 0.25) is 0 Å². The van der Waals surface area contributed by atoms with Crippen molar-refractivity contribution in [2.75, 3.05) is 0 Å². The molecule has 0 saturated heterocycles. The van der Waals surface area contributed by atoms with Gasteiger partial charge in [0.15, 0.2) is 0 Å². The third kappa shape index (κ3) is 4.24. The van der Waals surface area contributed by atoms with Gasteiger partial charge >= 0.3 is 0 Å². The molecule has 4 nitrogen and oxygen atoms in total. The van der Waals surface area contributed by atoms with Crippen LogP contribution in [0.4, 0.5) is 0 Å². The van der Waals surface area contributed by atoms with Gasteiger partial charge in [0.1, 0.15) is 0 Å². The largest absolute Gasteiger partial charge is 0.412 e. The Morgan fingerprint density at radius 2 is 1.52 bits per heavy atom. The second-order valence-corrected chi connectivity index (χ2v) is 12.6. The van der Waals surface area contributed by atoms with Crippen molar-refractivity contribution in [2.45, 2.75) is 129 Å². The standard InChI is InChI=1S/C27H48O3.H2O/c1-5-6-7-8-13-27(4,30)24-10-9-20-19-17-23(29)22-16-18(28)11-14-25(22,2)21(19)12-15-26(20,24)3;/h18-24,28-30H,5-17H2,1-4H3;1H2/t18-,19-,20-,21-,22+,23-,24-,25+,26-,27-;/m0./s1. The third-order valence-corrected chi connectivity index (χ3v) is 10.9. The molecule has 31 heavy (non-hydrogen) atoms. The summed E-state index contributed by atoms with van der Waals surface area (Å²) in [4.78, 5) is 0. The van der Waals surface area contributed by atoms with Crippen molar-refractivity contribution >= 4 is 0 Å². The van der Waals surface area contributed by atoms with Gasteiger partial charge in [0.05, 0.1) is 17.8 Å². The summed E-state index contributed by atoms with van der Waals surface area (Å²) in [6.07, 6.45) is 13.9. The van der Waals surface area contributed by atoms with Crippen LogP contribution >= 0.6 is 0 Å². The molecule has 0 aromatic carbocycles. The smallest absolute Gasteiger partial charge is 0.0653 e. The molecular formula is C27H50O4. The minimum absolute atomic E-state index is 0. The first kappa shape index (κ1) is 25.5. The number of hydrogen-bond acceptors (Lipinski definition) is 3. The maximum atomic E-state index is 11.6. The highest BCUT2D eigenvalue weighted by molar-refractivity contribution is 5.13. The zero-order valence-corrected chi connectivity index (χ0v) is 20.6. The molecule has 5 N–H and O–H groups in total. The van der Waals surface area contributed by atoms with Crippen molar-refractivity contribution in [1.29, 1.82) is 0 Å². The summed E-state index contributed by atoms with van der Waals surface area (Å²) in [6, 6.07) is 0. The summed E-state index contributed by atoms with van der Waals surface area (Å²) in [5.74, 6) is 2.59. The molecular weight excluding hydrogens is 388 g/mol. The molecule has 4 rings (SSSR count). The van der Waals surface area contributed by atoms with E-state index in [9.17, 15) is 15.3 Å². The van der Waals surface area contributed by atoms with Crippen LogP contribution in [0.5, 0.6) is 0 Å². The molecule has 0 amide bonds. The highest BCUT2D eigenvalue weighted by Crippen LogP contribution is 2.68. The molecule has 0 spiro atoms. The number of aliphatic hydroxyl groups is 3. The summed E-state index contributed by atoms with van der Waals surface area (Å²) in [5.41, 5.74) is -0.158. The van der Waals surface area contributed by atoms with Gasteiger partial charge in [-0.25, -0.2) is 0 Å². The number of unbranched alkanes of at least 4 members (excludes halogenated alkanes) is 3. The van der Waals surface area contributed by atoms with Crippen LogP contribution in [0.3, 0.4) is 0 Å². The fraction of sp³-hybridized carbons (Fsp3) is 1.00. The van der Waals surface area contributed by atoms with Crippen LogP contribution in [0, 0.1) is 40.4 Å². The van der Waals surface area contributed by atoms with E-state index in [4.69, 9.17) is 0 Å². The molecule has 4 fully saturated rings. The Bertz CT molecular complexity index is 606.